The Kier molecular flexibility index (Phi) is 4.91. The zero-order chi connectivity index (χ0) is 20.6. The van der Waals surface area contributed by atoms with Gasteiger partial charge in [0.2, 0.25) is 16.0 Å². The molecule has 4 aromatic rings. The molecule has 0 amide bonds. The third kappa shape index (κ3) is 4.19. The highest BCUT2D eigenvalue weighted by Gasteiger charge is 2.13. The van der Waals surface area contributed by atoms with Crippen molar-refractivity contribution in [1.29, 1.82) is 0 Å². The normalized spacial score (nSPS) is 11.6. The molecule has 0 saturated carbocycles. The number of aromatic nitrogens is 2. The molecule has 0 fully saturated rings. The maximum atomic E-state index is 14.2. The molecular formula is C19H16FN5O2S2. The van der Waals surface area contributed by atoms with Crippen LogP contribution in [-0.4, -0.2) is 18.4 Å². The number of nitrogens with one attached hydrogen (secondary N) is 2. The third-order valence-electron chi connectivity index (χ3n) is 4.21. The van der Waals surface area contributed by atoms with Crippen LogP contribution in [-0.2, 0) is 10.0 Å². The van der Waals surface area contributed by atoms with Gasteiger partial charge < -0.3 is 10.6 Å². The Morgan fingerprint density at radius 3 is 2.62 bits per heavy atom. The Hall–Kier alpha value is -3.08. The minimum atomic E-state index is -3.87. The number of thiophene rings is 1. The van der Waals surface area contributed by atoms with Gasteiger partial charge in [0.25, 0.3) is 0 Å². The minimum Gasteiger partial charge on any atom is -0.338 e. The number of nitrogens with zero attached hydrogens (tertiary/aromatic N) is 2. The summed E-state index contributed by atoms with van der Waals surface area (Å²) < 4.78 is 38.7. The molecule has 0 aliphatic rings. The first-order chi connectivity index (χ1) is 13.8. The van der Waals surface area contributed by atoms with Gasteiger partial charge in [0.05, 0.1) is 11.1 Å². The number of anilines is 4. The molecule has 0 spiro atoms. The summed E-state index contributed by atoms with van der Waals surface area (Å²) in [5.41, 5.74) is 1.62. The average Bonchev–Trinajstić information content (AvgIpc) is 3.13. The minimum absolute atomic E-state index is 0.00383. The van der Waals surface area contributed by atoms with E-state index >= 15 is 0 Å². The van der Waals surface area contributed by atoms with Gasteiger partial charge in [-0.15, -0.1) is 11.3 Å². The fraction of sp³-hybridized carbons (Fsp3) is 0.0526. The van der Waals surface area contributed by atoms with Crippen LogP contribution in [0.5, 0.6) is 0 Å². The number of primary sulfonamides is 1. The summed E-state index contributed by atoms with van der Waals surface area (Å²) in [4.78, 5) is 8.07. The predicted molar refractivity (Wildman–Crippen MR) is 113 cm³/mol. The lowest BCUT2D eigenvalue weighted by Gasteiger charge is -2.11. The fourth-order valence-electron chi connectivity index (χ4n) is 2.81. The summed E-state index contributed by atoms with van der Waals surface area (Å²) in [6.45, 7) is 1.64. The Balaban J connectivity index is 1.61. The van der Waals surface area contributed by atoms with E-state index in [2.05, 4.69) is 20.6 Å². The Bertz CT molecular complexity index is 1320. The SMILES string of the molecule is Cc1ccc(Nc2ncc(F)c(Nc3ccc4sccc4c3)n2)cc1S(N)(=O)=O. The first kappa shape index (κ1) is 19.2. The van der Waals surface area contributed by atoms with Crippen LogP contribution in [0, 0.1) is 12.7 Å². The van der Waals surface area contributed by atoms with Crippen LogP contribution in [0.15, 0.2) is 58.9 Å². The summed E-state index contributed by atoms with van der Waals surface area (Å²) in [6.07, 6.45) is 1.04. The highest BCUT2D eigenvalue weighted by molar-refractivity contribution is 7.89. The van der Waals surface area contributed by atoms with Gasteiger partial charge in [-0.05, 0) is 59.7 Å². The van der Waals surface area contributed by atoms with Gasteiger partial charge in [-0.2, -0.15) is 4.98 Å². The monoisotopic (exact) mass is 429 g/mol. The van der Waals surface area contributed by atoms with Crippen molar-refractivity contribution in [3.63, 3.8) is 0 Å². The molecule has 0 atom stereocenters. The number of aryl methyl sites for hydroxylation is 1. The van der Waals surface area contributed by atoms with E-state index in [1.807, 2.05) is 29.6 Å². The molecule has 0 bridgehead atoms. The predicted octanol–water partition coefficient (Wildman–Crippen LogP) is 4.27. The molecular weight excluding hydrogens is 413 g/mol. The Morgan fingerprint density at radius 1 is 1.07 bits per heavy atom. The molecule has 148 valence electrons. The van der Waals surface area contributed by atoms with Crippen LogP contribution >= 0.6 is 11.3 Å². The van der Waals surface area contributed by atoms with Crippen LogP contribution in [0.3, 0.4) is 0 Å². The van der Waals surface area contributed by atoms with Crippen molar-refractivity contribution >= 4 is 54.6 Å². The fourth-order valence-corrected chi connectivity index (χ4v) is 4.39. The van der Waals surface area contributed by atoms with E-state index in [-0.39, 0.29) is 16.7 Å². The molecule has 0 saturated heterocycles. The maximum Gasteiger partial charge on any atom is 0.238 e. The van der Waals surface area contributed by atoms with E-state index in [1.165, 1.54) is 6.07 Å². The van der Waals surface area contributed by atoms with E-state index in [0.29, 0.717) is 16.9 Å². The van der Waals surface area contributed by atoms with Gasteiger partial charge in [-0.3, -0.25) is 0 Å². The Labute approximate surface area is 170 Å². The van der Waals surface area contributed by atoms with Crippen molar-refractivity contribution in [2.75, 3.05) is 10.6 Å². The van der Waals surface area contributed by atoms with Crippen molar-refractivity contribution in [2.24, 2.45) is 5.14 Å². The summed E-state index contributed by atoms with van der Waals surface area (Å²) in [5.74, 6) is -0.513. The number of sulfonamides is 1. The molecule has 4 N–H and O–H groups in total. The lowest BCUT2D eigenvalue weighted by Crippen LogP contribution is -2.14. The standard InChI is InChI=1S/C19H16FN5O2S2/c1-11-2-3-14(9-17(11)29(21,26)27)24-19-22-10-15(20)18(25-19)23-13-4-5-16-12(8-13)6-7-28-16/h2-10H,1H3,(H2,21,26,27)(H2,22,23,24,25). The largest absolute Gasteiger partial charge is 0.338 e. The van der Waals surface area contributed by atoms with Gasteiger partial charge in [-0.1, -0.05) is 6.07 Å². The van der Waals surface area contributed by atoms with E-state index < -0.39 is 15.8 Å². The maximum absolute atomic E-state index is 14.2. The summed E-state index contributed by atoms with van der Waals surface area (Å²) in [5, 5.41) is 14.1. The lowest BCUT2D eigenvalue weighted by atomic mass is 10.2. The van der Waals surface area contributed by atoms with Gasteiger partial charge in [-0.25, -0.2) is 22.9 Å². The highest BCUT2D eigenvalue weighted by Crippen LogP contribution is 2.27. The molecule has 2 aromatic carbocycles. The molecule has 4 rings (SSSR count). The number of hydrogen-bond acceptors (Lipinski definition) is 7. The van der Waals surface area contributed by atoms with Crippen molar-refractivity contribution in [1.82, 2.24) is 9.97 Å². The zero-order valence-electron chi connectivity index (χ0n) is 15.2. The molecule has 0 unspecified atom stereocenters. The topological polar surface area (TPSA) is 110 Å². The molecule has 7 nitrogen and oxygen atoms in total. The second kappa shape index (κ2) is 7.39. The van der Waals surface area contributed by atoms with E-state index in [1.54, 1.807) is 30.4 Å². The van der Waals surface area contributed by atoms with Gasteiger partial charge in [0.1, 0.15) is 0 Å². The van der Waals surface area contributed by atoms with Crippen molar-refractivity contribution < 1.29 is 12.8 Å². The van der Waals surface area contributed by atoms with Gasteiger partial charge >= 0.3 is 0 Å². The molecule has 2 aromatic heterocycles. The van der Waals surface area contributed by atoms with E-state index in [0.717, 1.165) is 16.3 Å². The first-order valence-corrected chi connectivity index (χ1v) is 10.9. The van der Waals surface area contributed by atoms with E-state index in [4.69, 9.17) is 5.14 Å². The van der Waals surface area contributed by atoms with Crippen LogP contribution in [0.2, 0.25) is 0 Å². The first-order valence-electron chi connectivity index (χ1n) is 8.47. The molecule has 10 heteroatoms. The number of rotatable bonds is 5. The second-order valence-electron chi connectivity index (χ2n) is 6.34. The quantitative estimate of drug-likeness (QED) is 0.437. The summed E-state index contributed by atoms with van der Waals surface area (Å²) in [6, 6.07) is 12.3. The van der Waals surface area contributed by atoms with Crippen LogP contribution < -0.4 is 15.8 Å². The lowest BCUT2D eigenvalue weighted by molar-refractivity contribution is 0.597. The summed E-state index contributed by atoms with van der Waals surface area (Å²) >= 11 is 1.62. The number of fused-ring (bicyclic) bond motifs is 1. The summed E-state index contributed by atoms with van der Waals surface area (Å²) in [7, 11) is -3.87. The number of benzene rings is 2. The average molecular weight is 430 g/mol. The molecule has 0 aliphatic heterocycles. The number of nitrogens with two attached hydrogens (primary N) is 1. The van der Waals surface area contributed by atoms with Crippen LogP contribution in [0.25, 0.3) is 10.1 Å². The van der Waals surface area contributed by atoms with Crippen LogP contribution in [0.4, 0.5) is 27.5 Å². The van der Waals surface area contributed by atoms with Crippen molar-refractivity contribution in [3.8, 4) is 0 Å². The smallest absolute Gasteiger partial charge is 0.238 e. The molecule has 29 heavy (non-hydrogen) atoms. The Morgan fingerprint density at radius 2 is 1.83 bits per heavy atom. The van der Waals surface area contributed by atoms with Crippen molar-refractivity contribution in [3.05, 3.63) is 65.4 Å². The number of halogens is 1. The molecule has 0 radical (unpaired) electrons. The molecule has 0 aliphatic carbocycles. The second-order valence-corrected chi connectivity index (χ2v) is 8.82. The molecule has 2 heterocycles. The van der Waals surface area contributed by atoms with Gasteiger partial charge in [0, 0.05) is 16.1 Å². The third-order valence-corrected chi connectivity index (χ3v) is 6.16. The number of hydrogen-bond donors (Lipinski definition) is 3. The van der Waals surface area contributed by atoms with Crippen LogP contribution in [0.1, 0.15) is 5.56 Å². The van der Waals surface area contributed by atoms with E-state index in [9.17, 15) is 12.8 Å². The highest BCUT2D eigenvalue weighted by atomic mass is 32.2. The van der Waals surface area contributed by atoms with Crippen molar-refractivity contribution in [2.45, 2.75) is 11.8 Å². The van der Waals surface area contributed by atoms with Gasteiger partial charge in [0.15, 0.2) is 11.6 Å². The zero-order valence-corrected chi connectivity index (χ0v) is 16.8.